The molecule has 0 bridgehead atoms. The summed E-state index contributed by atoms with van der Waals surface area (Å²) in [6.07, 6.45) is 6.17. The highest BCUT2D eigenvalue weighted by Crippen LogP contribution is 2.30. The lowest BCUT2D eigenvalue weighted by atomic mass is 9.98. The predicted molar refractivity (Wildman–Crippen MR) is 61.3 cm³/mol. The first kappa shape index (κ1) is 11.0. The van der Waals surface area contributed by atoms with Gasteiger partial charge in [0.15, 0.2) is 5.82 Å². The maximum absolute atomic E-state index is 4.12. The highest BCUT2D eigenvalue weighted by atomic mass is 31.0. The van der Waals surface area contributed by atoms with Crippen molar-refractivity contribution in [2.24, 2.45) is 7.05 Å². The molecule has 0 aliphatic heterocycles. The molecule has 6 heteroatoms. The van der Waals surface area contributed by atoms with Gasteiger partial charge in [0.1, 0.15) is 0 Å². The first-order valence-corrected chi connectivity index (χ1v) is 6.07. The van der Waals surface area contributed by atoms with Gasteiger partial charge in [0, 0.05) is 19.0 Å². The van der Waals surface area contributed by atoms with Crippen molar-refractivity contribution < 1.29 is 0 Å². The van der Waals surface area contributed by atoms with Gasteiger partial charge in [-0.3, -0.25) is 5.09 Å². The third kappa shape index (κ3) is 2.52. The van der Waals surface area contributed by atoms with Crippen molar-refractivity contribution in [1.29, 1.82) is 0 Å². The summed E-state index contributed by atoms with van der Waals surface area (Å²) >= 11 is 0. The molecule has 5 nitrogen and oxygen atoms in total. The fraction of sp³-hybridized carbons (Fsp3) is 0.889. The van der Waals surface area contributed by atoms with E-state index >= 15 is 0 Å². The lowest BCUT2D eigenvalue weighted by molar-refractivity contribution is 0.480. The van der Waals surface area contributed by atoms with Crippen LogP contribution in [0.2, 0.25) is 0 Å². The van der Waals surface area contributed by atoms with Gasteiger partial charge < -0.3 is 0 Å². The quantitative estimate of drug-likeness (QED) is 0.605. The molecule has 0 amide bonds. The summed E-state index contributed by atoms with van der Waals surface area (Å²) in [5, 5.41) is 15.0. The molecule has 84 valence electrons. The second-order valence-corrected chi connectivity index (χ2v) is 4.57. The molecule has 1 saturated carbocycles. The number of nitrogens with zero attached hydrogens (tertiary/aromatic N) is 4. The largest absolute Gasteiger partial charge is 0.298 e. The molecule has 3 atom stereocenters. The van der Waals surface area contributed by atoms with E-state index in [1.807, 2.05) is 7.05 Å². The van der Waals surface area contributed by atoms with Crippen LogP contribution in [0, 0.1) is 0 Å². The van der Waals surface area contributed by atoms with E-state index in [0.717, 1.165) is 12.2 Å². The zero-order valence-corrected chi connectivity index (χ0v) is 10.2. The average molecular weight is 227 g/mol. The Kier molecular flexibility index (Phi) is 3.65. The maximum atomic E-state index is 4.12. The summed E-state index contributed by atoms with van der Waals surface area (Å²) in [6.45, 7) is 0. The van der Waals surface area contributed by atoms with E-state index in [-0.39, 0.29) is 0 Å². The molecule has 0 radical (unpaired) electrons. The van der Waals surface area contributed by atoms with Crippen LogP contribution in [0.5, 0.6) is 0 Å². The molecular weight excluding hydrogens is 209 g/mol. The molecule has 0 saturated heterocycles. The van der Waals surface area contributed by atoms with Crippen LogP contribution in [0.4, 0.5) is 0 Å². The Labute approximate surface area is 92.3 Å². The van der Waals surface area contributed by atoms with Crippen molar-refractivity contribution in [3.63, 3.8) is 0 Å². The van der Waals surface area contributed by atoms with Gasteiger partial charge in [0.2, 0.25) is 0 Å². The number of aryl methyl sites for hydroxylation is 1. The van der Waals surface area contributed by atoms with Gasteiger partial charge >= 0.3 is 0 Å². The Balaban J connectivity index is 2.10. The van der Waals surface area contributed by atoms with Crippen LogP contribution in [-0.4, -0.2) is 26.2 Å². The summed E-state index contributed by atoms with van der Waals surface area (Å²) in [4.78, 5) is 0. The van der Waals surface area contributed by atoms with E-state index in [2.05, 4.69) is 30.0 Å². The number of nitrogens with one attached hydrogen (secondary N) is 1. The van der Waals surface area contributed by atoms with Gasteiger partial charge in [-0.2, -0.15) is 0 Å². The fourth-order valence-electron chi connectivity index (χ4n) is 2.33. The Morgan fingerprint density at radius 2 is 2.20 bits per heavy atom. The topological polar surface area (TPSA) is 55.6 Å². The van der Waals surface area contributed by atoms with Crippen molar-refractivity contribution in [3.8, 4) is 0 Å². The summed E-state index contributed by atoms with van der Waals surface area (Å²) in [5.41, 5.74) is 0. The molecule has 1 N–H and O–H groups in total. The van der Waals surface area contributed by atoms with E-state index < -0.39 is 0 Å². The number of rotatable bonds is 2. The van der Waals surface area contributed by atoms with E-state index in [0.29, 0.717) is 12.0 Å². The van der Waals surface area contributed by atoms with E-state index in [9.17, 15) is 0 Å². The van der Waals surface area contributed by atoms with Gasteiger partial charge in [0.25, 0.3) is 0 Å². The molecule has 0 aromatic carbocycles. The minimum atomic E-state index is 0.505. The molecule has 1 aliphatic carbocycles. The van der Waals surface area contributed by atoms with Crippen LogP contribution >= 0.6 is 9.39 Å². The molecule has 15 heavy (non-hydrogen) atoms. The fourth-order valence-corrected chi connectivity index (χ4v) is 2.63. The first-order chi connectivity index (χ1) is 7.31. The lowest BCUT2D eigenvalue weighted by Crippen LogP contribution is -2.22. The second kappa shape index (κ2) is 4.99. The molecule has 1 fully saturated rings. The Bertz CT molecular complexity index is 313. The van der Waals surface area contributed by atoms with Crippen LogP contribution in [0.15, 0.2) is 0 Å². The van der Waals surface area contributed by atoms with Gasteiger partial charge in [0.05, 0.1) is 0 Å². The third-order valence-electron chi connectivity index (χ3n) is 3.18. The smallest absolute Gasteiger partial charge is 0.154 e. The summed E-state index contributed by atoms with van der Waals surface area (Å²) in [7, 11) is 4.54. The normalized spacial score (nSPS) is 27.6. The highest BCUT2D eigenvalue weighted by molar-refractivity contribution is 7.13. The van der Waals surface area contributed by atoms with E-state index in [1.165, 1.54) is 25.7 Å². The van der Waals surface area contributed by atoms with Gasteiger partial charge in [-0.05, 0) is 29.7 Å². The zero-order chi connectivity index (χ0) is 10.7. The minimum absolute atomic E-state index is 0.505. The van der Waals surface area contributed by atoms with Crippen LogP contribution in [0.1, 0.15) is 43.8 Å². The van der Waals surface area contributed by atoms with E-state index in [1.54, 1.807) is 4.68 Å². The highest BCUT2D eigenvalue weighted by Gasteiger charge is 2.24. The second-order valence-electron chi connectivity index (χ2n) is 4.24. The standard InChI is InChI=1S/C9H18N5P/c1-14-9(10-12-13-14)7-4-2-3-5-8(6-7)11-15/h7-8,11H,2-6,15H2,1H3. The first-order valence-electron chi connectivity index (χ1n) is 5.49. The van der Waals surface area contributed by atoms with Gasteiger partial charge in [-0.25, -0.2) is 4.68 Å². The Morgan fingerprint density at radius 3 is 2.87 bits per heavy atom. The molecule has 1 aromatic rings. The lowest BCUT2D eigenvalue weighted by Gasteiger charge is -2.17. The predicted octanol–water partition coefficient (Wildman–Crippen LogP) is 1.01. The maximum Gasteiger partial charge on any atom is 0.154 e. The number of aromatic nitrogens is 4. The molecule has 1 aromatic heterocycles. The monoisotopic (exact) mass is 227 g/mol. The van der Waals surface area contributed by atoms with Gasteiger partial charge in [-0.1, -0.05) is 22.2 Å². The van der Waals surface area contributed by atoms with E-state index in [4.69, 9.17) is 0 Å². The van der Waals surface area contributed by atoms with Crippen LogP contribution in [0.25, 0.3) is 0 Å². The Morgan fingerprint density at radius 1 is 1.40 bits per heavy atom. The molecule has 1 aliphatic rings. The Hall–Kier alpha value is -0.540. The van der Waals surface area contributed by atoms with Crippen molar-refractivity contribution >= 4 is 9.39 Å². The molecule has 2 rings (SSSR count). The summed E-state index contributed by atoms with van der Waals surface area (Å²) in [5.74, 6) is 1.53. The third-order valence-corrected chi connectivity index (χ3v) is 3.65. The average Bonchev–Trinajstić information content (AvgIpc) is 2.54. The molecule has 0 spiro atoms. The van der Waals surface area contributed by atoms with Crippen molar-refractivity contribution in [2.75, 3.05) is 0 Å². The van der Waals surface area contributed by atoms with Crippen molar-refractivity contribution in [3.05, 3.63) is 5.82 Å². The van der Waals surface area contributed by atoms with Crippen LogP contribution in [-0.2, 0) is 7.05 Å². The molecule has 1 heterocycles. The van der Waals surface area contributed by atoms with Crippen molar-refractivity contribution in [2.45, 2.75) is 44.1 Å². The summed E-state index contributed by atoms with van der Waals surface area (Å²) < 4.78 is 1.80. The minimum Gasteiger partial charge on any atom is -0.298 e. The molecular formula is C9H18N5P. The molecule has 3 unspecified atom stereocenters. The van der Waals surface area contributed by atoms with Crippen molar-refractivity contribution in [1.82, 2.24) is 25.3 Å². The zero-order valence-electron chi connectivity index (χ0n) is 9.06. The van der Waals surface area contributed by atoms with Gasteiger partial charge in [-0.15, -0.1) is 5.10 Å². The number of tetrazole rings is 1. The number of hydrogen-bond acceptors (Lipinski definition) is 4. The number of hydrogen-bond donors (Lipinski definition) is 1. The van der Waals surface area contributed by atoms with Crippen LogP contribution in [0.3, 0.4) is 0 Å². The summed E-state index contributed by atoms with van der Waals surface area (Å²) in [6, 6.07) is 0.583. The van der Waals surface area contributed by atoms with Crippen LogP contribution < -0.4 is 5.09 Å². The SMILES string of the molecule is Cn1nnnc1C1CCCCC(NP)C1.